The number of nitrogens with one attached hydrogen (secondary N) is 1. The lowest BCUT2D eigenvalue weighted by Gasteiger charge is -2.29. The van der Waals surface area contributed by atoms with Crippen LogP contribution in [0.1, 0.15) is 19.3 Å². The first-order valence-electron chi connectivity index (χ1n) is 9.21. The topological polar surface area (TPSA) is 49.4 Å². The molecule has 1 N–H and O–H groups in total. The van der Waals surface area contributed by atoms with Crippen molar-refractivity contribution in [3.8, 4) is 0 Å². The molecule has 6 heteroatoms. The monoisotopic (exact) mass is 400 g/mol. The number of para-hydroxylation sites is 1. The zero-order valence-electron chi connectivity index (χ0n) is 15.2. The number of carbonyl (C=O) groups is 2. The lowest BCUT2D eigenvalue weighted by molar-refractivity contribution is -0.125. The van der Waals surface area contributed by atoms with Gasteiger partial charge in [-0.05, 0) is 36.4 Å². The first-order valence-corrected chi connectivity index (χ1v) is 11.2. The molecule has 142 valence electrons. The highest BCUT2D eigenvalue weighted by atomic mass is 32.2. The van der Waals surface area contributed by atoms with E-state index in [1.54, 1.807) is 23.5 Å². The molecule has 0 saturated carbocycles. The molecule has 1 aliphatic rings. The minimum atomic E-state index is -0.0484. The Morgan fingerprint density at radius 2 is 1.81 bits per heavy atom. The fraction of sp³-hybridized carbons (Fsp3) is 0.333. The lowest BCUT2D eigenvalue weighted by Crippen LogP contribution is -2.36. The van der Waals surface area contributed by atoms with Crippen molar-refractivity contribution < 1.29 is 9.59 Å². The summed E-state index contributed by atoms with van der Waals surface area (Å²) in [5.74, 6) is 1.84. The number of rotatable bonds is 8. The van der Waals surface area contributed by atoms with Crippen LogP contribution in [0.25, 0.3) is 0 Å². The molecular formula is C21H24N2O2S2. The number of thioether (sulfide) groups is 2. The molecule has 0 radical (unpaired) electrons. The number of benzene rings is 2. The summed E-state index contributed by atoms with van der Waals surface area (Å²) in [5, 5.41) is 2.92. The standard InChI is InChI=1S/C21H24N2O2S2/c24-20(22-13-6-15-26-17-7-2-1-3-8-17)11-12-21(25)23-14-16-27-19-10-5-4-9-18(19)23/h1-5,7-10H,6,11-16H2,(H,22,24). The van der Waals surface area contributed by atoms with Gasteiger partial charge in [0.25, 0.3) is 0 Å². The van der Waals surface area contributed by atoms with Gasteiger partial charge in [0.15, 0.2) is 0 Å². The molecule has 0 spiro atoms. The van der Waals surface area contributed by atoms with E-state index < -0.39 is 0 Å². The fourth-order valence-electron chi connectivity index (χ4n) is 2.88. The van der Waals surface area contributed by atoms with E-state index >= 15 is 0 Å². The number of carbonyl (C=O) groups excluding carboxylic acids is 2. The van der Waals surface area contributed by atoms with E-state index in [0.717, 1.165) is 28.5 Å². The Kier molecular flexibility index (Phi) is 7.66. The summed E-state index contributed by atoms with van der Waals surface area (Å²) >= 11 is 3.56. The van der Waals surface area contributed by atoms with Gasteiger partial charge in [0.1, 0.15) is 0 Å². The van der Waals surface area contributed by atoms with Crippen LogP contribution in [0.3, 0.4) is 0 Å². The molecule has 0 fully saturated rings. The number of anilines is 1. The molecule has 0 unspecified atom stereocenters. The van der Waals surface area contributed by atoms with Crippen molar-refractivity contribution in [1.82, 2.24) is 5.32 Å². The third-order valence-electron chi connectivity index (χ3n) is 4.25. The van der Waals surface area contributed by atoms with E-state index in [-0.39, 0.29) is 24.7 Å². The van der Waals surface area contributed by atoms with Gasteiger partial charge < -0.3 is 10.2 Å². The van der Waals surface area contributed by atoms with Gasteiger partial charge in [0, 0.05) is 41.5 Å². The quantitative estimate of drug-likeness (QED) is 0.533. The van der Waals surface area contributed by atoms with Crippen molar-refractivity contribution in [2.45, 2.75) is 29.1 Å². The van der Waals surface area contributed by atoms with Crippen LogP contribution in [-0.4, -0.2) is 36.4 Å². The maximum atomic E-state index is 12.5. The second-order valence-corrected chi connectivity index (χ2v) is 8.53. The predicted octanol–water partition coefficient (Wildman–Crippen LogP) is 4.20. The number of amides is 2. The Morgan fingerprint density at radius 1 is 1.04 bits per heavy atom. The molecule has 27 heavy (non-hydrogen) atoms. The molecule has 2 aromatic rings. The van der Waals surface area contributed by atoms with Crippen LogP contribution in [0.2, 0.25) is 0 Å². The summed E-state index contributed by atoms with van der Waals surface area (Å²) in [5.41, 5.74) is 0.970. The van der Waals surface area contributed by atoms with Crippen molar-refractivity contribution in [1.29, 1.82) is 0 Å². The molecule has 0 saturated heterocycles. The molecule has 0 aliphatic carbocycles. The van der Waals surface area contributed by atoms with Gasteiger partial charge >= 0.3 is 0 Å². The maximum absolute atomic E-state index is 12.5. The van der Waals surface area contributed by atoms with Crippen LogP contribution >= 0.6 is 23.5 Å². The van der Waals surface area contributed by atoms with E-state index in [4.69, 9.17) is 0 Å². The van der Waals surface area contributed by atoms with Crippen molar-refractivity contribution in [3.05, 3.63) is 54.6 Å². The highest BCUT2D eigenvalue weighted by Gasteiger charge is 2.22. The van der Waals surface area contributed by atoms with Gasteiger partial charge in [-0.1, -0.05) is 30.3 Å². The van der Waals surface area contributed by atoms with Crippen molar-refractivity contribution in [2.24, 2.45) is 0 Å². The number of fused-ring (bicyclic) bond motifs is 1. The van der Waals surface area contributed by atoms with Gasteiger partial charge in [-0.2, -0.15) is 0 Å². The van der Waals surface area contributed by atoms with E-state index in [2.05, 4.69) is 17.4 Å². The summed E-state index contributed by atoms with van der Waals surface area (Å²) in [6, 6.07) is 18.2. The molecule has 1 heterocycles. The highest BCUT2D eigenvalue weighted by molar-refractivity contribution is 7.99. The van der Waals surface area contributed by atoms with Crippen LogP contribution in [-0.2, 0) is 9.59 Å². The van der Waals surface area contributed by atoms with E-state index in [1.807, 2.05) is 47.4 Å². The Balaban J connectivity index is 1.34. The molecule has 1 aliphatic heterocycles. The van der Waals surface area contributed by atoms with Gasteiger partial charge in [-0.15, -0.1) is 23.5 Å². The zero-order chi connectivity index (χ0) is 18.9. The third-order valence-corrected chi connectivity index (χ3v) is 6.39. The smallest absolute Gasteiger partial charge is 0.227 e. The van der Waals surface area contributed by atoms with Crippen LogP contribution in [0.15, 0.2) is 64.4 Å². The average molecular weight is 401 g/mol. The molecular weight excluding hydrogens is 376 g/mol. The van der Waals surface area contributed by atoms with Gasteiger partial charge in [-0.25, -0.2) is 0 Å². The summed E-state index contributed by atoms with van der Waals surface area (Å²) in [6.45, 7) is 1.36. The molecule has 0 bridgehead atoms. The van der Waals surface area contributed by atoms with Crippen LogP contribution in [0, 0.1) is 0 Å². The summed E-state index contributed by atoms with van der Waals surface area (Å²) < 4.78 is 0. The van der Waals surface area contributed by atoms with Crippen LogP contribution in [0.5, 0.6) is 0 Å². The minimum absolute atomic E-state index is 0.0255. The largest absolute Gasteiger partial charge is 0.356 e. The summed E-state index contributed by atoms with van der Waals surface area (Å²) in [7, 11) is 0. The van der Waals surface area contributed by atoms with Crippen molar-refractivity contribution in [2.75, 3.05) is 29.5 Å². The predicted molar refractivity (Wildman–Crippen MR) is 114 cm³/mol. The third kappa shape index (κ3) is 6.04. The maximum Gasteiger partial charge on any atom is 0.227 e. The second-order valence-electron chi connectivity index (χ2n) is 6.23. The molecule has 3 rings (SSSR count). The first-order chi connectivity index (χ1) is 13.2. The number of hydrogen-bond acceptors (Lipinski definition) is 4. The molecule has 2 amide bonds. The fourth-order valence-corrected chi connectivity index (χ4v) is 4.75. The van der Waals surface area contributed by atoms with Crippen LogP contribution < -0.4 is 10.2 Å². The van der Waals surface area contributed by atoms with Gasteiger partial charge in [-0.3, -0.25) is 9.59 Å². The second kappa shape index (κ2) is 10.4. The van der Waals surface area contributed by atoms with E-state index in [1.165, 1.54) is 4.90 Å². The number of nitrogens with zero attached hydrogens (tertiary/aromatic N) is 1. The summed E-state index contributed by atoms with van der Waals surface area (Å²) in [6.07, 6.45) is 1.41. The van der Waals surface area contributed by atoms with Crippen molar-refractivity contribution in [3.63, 3.8) is 0 Å². The number of hydrogen-bond donors (Lipinski definition) is 1. The van der Waals surface area contributed by atoms with E-state index in [9.17, 15) is 9.59 Å². The molecule has 4 nitrogen and oxygen atoms in total. The van der Waals surface area contributed by atoms with Gasteiger partial charge in [0.2, 0.25) is 11.8 Å². The Morgan fingerprint density at radius 3 is 2.67 bits per heavy atom. The minimum Gasteiger partial charge on any atom is -0.356 e. The van der Waals surface area contributed by atoms with E-state index in [0.29, 0.717) is 13.1 Å². The molecule has 0 aromatic heterocycles. The Hall–Kier alpha value is -1.92. The normalized spacial score (nSPS) is 13.1. The molecule has 2 aromatic carbocycles. The van der Waals surface area contributed by atoms with Gasteiger partial charge in [0.05, 0.1) is 5.69 Å². The highest BCUT2D eigenvalue weighted by Crippen LogP contribution is 2.34. The summed E-state index contributed by atoms with van der Waals surface area (Å²) in [4.78, 5) is 28.7. The van der Waals surface area contributed by atoms with Crippen LogP contribution in [0.4, 0.5) is 5.69 Å². The van der Waals surface area contributed by atoms with Crippen molar-refractivity contribution >= 4 is 41.0 Å². The molecule has 0 atom stereocenters. The Labute approximate surface area is 169 Å². The SMILES string of the molecule is O=C(CCC(=O)N1CCSc2ccccc21)NCCCSc1ccccc1. The first kappa shape index (κ1) is 19.8. The zero-order valence-corrected chi connectivity index (χ0v) is 16.9. The Bertz CT molecular complexity index is 768. The lowest BCUT2D eigenvalue weighted by atomic mass is 10.2. The average Bonchev–Trinajstić information content (AvgIpc) is 2.72.